The first-order valence-electron chi connectivity index (χ1n) is 6.26. The van der Waals surface area contributed by atoms with E-state index in [0.717, 1.165) is 36.0 Å². The zero-order valence-corrected chi connectivity index (χ0v) is 12.0. The molecule has 1 N–H and O–H groups in total. The molecule has 0 spiro atoms. The normalized spacial score (nSPS) is 11.3. The van der Waals surface area contributed by atoms with Crippen LogP contribution in [0.3, 0.4) is 0 Å². The van der Waals surface area contributed by atoms with E-state index in [4.69, 9.17) is 0 Å². The molecule has 0 saturated heterocycles. The third kappa shape index (κ3) is 3.92. The van der Waals surface area contributed by atoms with E-state index in [9.17, 15) is 0 Å². The summed E-state index contributed by atoms with van der Waals surface area (Å²) in [6.07, 6.45) is 3.96. The molecular weight excluding hydrogens is 244 g/mol. The van der Waals surface area contributed by atoms with Crippen LogP contribution in [0.2, 0.25) is 0 Å². The van der Waals surface area contributed by atoms with Gasteiger partial charge in [0.15, 0.2) is 0 Å². The molecule has 2 heterocycles. The fraction of sp³-hybridized carbons (Fsp3) is 0.538. The Balaban J connectivity index is 1.86. The maximum absolute atomic E-state index is 4.45. The number of imidazole rings is 1. The van der Waals surface area contributed by atoms with Crippen LogP contribution in [0.4, 0.5) is 0 Å². The molecule has 2 aromatic heterocycles. The first-order chi connectivity index (χ1) is 8.63. The van der Waals surface area contributed by atoms with Crippen LogP contribution in [-0.2, 0) is 13.1 Å². The highest BCUT2D eigenvalue weighted by Gasteiger charge is 2.02. The molecule has 0 amide bonds. The monoisotopic (exact) mass is 264 g/mol. The van der Waals surface area contributed by atoms with Gasteiger partial charge in [0.25, 0.3) is 0 Å². The molecule has 98 valence electrons. The molecule has 2 aromatic rings. The molecule has 0 fully saturated rings. The Labute approximate surface area is 112 Å². The Kier molecular flexibility index (Phi) is 4.49. The largest absolute Gasteiger partial charge is 0.331 e. The summed E-state index contributed by atoms with van der Waals surface area (Å²) in [5, 5.41) is 6.61. The molecule has 0 atom stereocenters. The van der Waals surface area contributed by atoms with E-state index in [1.807, 2.05) is 13.3 Å². The third-order valence-corrected chi connectivity index (χ3v) is 3.38. The Morgan fingerprint density at radius 1 is 1.39 bits per heavy atom. The molecule has 0 aliphatic heterocycles. The smallest absolute Gasteiger partial charge is 0.0953 e. The number of nitrogens with zero attached hydrogens (tertiary/aromatic N) is 3. The summed E-state index contributed by atoms with van der Waals surface area (Å²) >= 11 is 1.69. The summed E-state index contributed by atoms with van der Waals surface area (Å²) < 4.78 is 2.08. The number of hydrogen-bond donors (Lipinski definition) is 1. The van der Waals surface area contributed by atoms with E-state index in [0.29, 0.717) is 5.92 Å². The van der Waals surface area contributed by atoms with E-state index in [2.05, 4.69) is 45.3 Å². The van der Waals surface area contributed by atoms with E-state index < -0.39 is 0 Å². The van der Waals surface area contributed by atoms with Gasteiger partial charge in [0.2, 0.25) is 0 Å². The van der Waals surface area contributed by atoms with Gasteiger partial charge < -0.3 is 9.88 Å². The number of nitrogens with one attached hydrogen (secondary N) is 1. The number of aromatic nitrogens is 3. The lowest BCUT2D eigenvalue weighted by atomic mass is 10.2. The first-order valence-corrected chi connectivity index (χ1v) is 7.14. The Hall–Kier alpha value is -1.20. The van der Waals surface area contributed by atoms with Gasteiger partial charge in [-0.3, -0.25) is 0 Å². The van der Waals surface area contributed by atoms with Gasteiger partial charge in [-0.2, -0.15) is 0 Å². The van der Waals surface area contributed by atoms with Gasteiger partial charge in [0, 0.05) is 18.1 Å². The van der Waals surface area contributed by atoms with E-state index in [-0.39, 0.29) is 0 Å². The average molecular weight is 264 g/mol. The van der Waals surface area contributed by atoms with Crippen molar-refractivity contribution in [2.75, 3.05) is 6.54 Å². The van der Waals surface area contributed by atoms with Crippen molar-refractivity contribution in [1.82, 2.24) is 19.9 Å². The molecule has 0 aliphatic carbocycles. The minimum absolute atomic E-state index is 0.671. The van der Waals surface area contributed by atoms with Crippen molar-refractivity contribution in [2.45, 2.75) is 33.9 Å². The van der Waals surface area contributed by atoms with Crippen LogP contribution in [0.25, 0.3) is 0 Å². The quantitative estimate of drug-likeness (QED) is 0.871. The highest BCUT2D eigenvalue weighted by Crippen LogP contribution is 2.09. The zero-order valence-electron chi connectivity index (χ0n) is 11.2. The molecule has 0 aliphatic rings. The van der Waals surface area contributed by atoms with Gasteiger partial charge in [0.1, 0.15) is 0 Å². The summed E-state index contributed by atoms with van der Waals surface area (Å²) in [7, 11) is 0. The lowest BCUT2D eigenvalue weighted by Crippen LogP contribution is -2.19. The predicted molar refractivity (Wildman–Crippen MR) is 74.7 cm³/mol. The standard InChI is InChI=1S/C13H20N4S/c1-10(2)4-14-5-12-6-17(9-15-12)7-13-8-18-11(3)16-13/h6,8-10,14H,4-5,7H2,1-3H3. The lowest BCUT2D eigenvalue weighted by molar-refractivity contribution is 0.548. The highest BCUT2D eigenvalue weighted by atomic mass is 32.1. The number of thiazole rings is 1. The van der Waals surface area contributed by atoms with Crippen molar-refractivity contribution in [3.63, 3.8) is 0 Å². The molecule has 4 nitrogen and oxygen atoms in total. The predicted octanol–water partition coefficient (Wildman–Crippen LogP) is 2.44. The van der Waals surface area contributed by atoms with Crippen molar-refractivity contribution in [1.29, 1.82) is 0 Å². The van der Waals surface area contributed by atoms with Gasteiger partial charge in [-0.25, -0.2) is 9.97 Å². The van der Waals surface area contributed by atoms with Crippen molar-refractivity contribution < 1.29 is 0 Å². The molecule has 0 unspecified atom stereocenters. The second-order valence-corrected chi connectivity index (χ2v) is 5.98. The summed E-state index contributed by atoms with van der Waals surface area (Å²) in [6, 6.07) is 0. The fourth-order valence-electron chi connectivity index (χ4n) is 1.74. The van der Waals surface area contributed by atoms with Gasteiger partial charge >= 0.3 is 0 Å². The van der Waals surface area contributed by atoms with Crippen molar-refractivity contribution in [2.24, 2.45) is 5.92 Å². The highest BCUT2D eigenvalue weighted by molar-refractivity contribution is 7.09. The van der Waals surface area contributed by atoms with Crippen LogP contribution < -0.4 is 5.32 Å². The Bertz CT molecular complexity index is 487. The van der Waals surface area contributed by atoms with E-state index in [1.165, 1.54) is 0 Å². The summed E-state index contributed by atoms with van der Waals surface area (Å²) in [4.78, 5) is 8.85. The van der Waals surface area contributed by atoms with Crippen molar-refractivity contribution in [3.05, 3.63) is 34.3 Å². The molecule has 0 aromatic carbocycles. The van der Waals surface area contributed by atoms with Crippen LogP contribution in [0.5, 0.6) is 0 Å². The summed E-state index contributed by atoms with van der Waals surface area (Å²) in [5.41, 5.74) is 2.19. The first kappa shape index (κ1) is 13.2. The van der Waals surface area contributed by atoms with Crippen molar-refractivity contribution >= 4 is 11.3 Å². The molecule has 0 radical (unpaired) electrons. The number of rotatable bonds is 6. The van der Waals surface area contributed by atoms with Crippen LogP contribution in [0, 0.1) is 12.8 Å². The average Bonchev–Trinajstić information content (AvgIpc) is 2.89. The summed E-state index contributed by atoms with van der Waals surface area (Å²) in [5.74, 6) is 0.671. The second kappa shape index (κ2) is 6.11. The topological polar surface area (TPSA) is 42.7 Å². The number of hydrogen-bond acceptors (Lipinski definition) is 4. The molecule has 2 rings (SSSR count). The Morgan fingerprint density at radius 2 is 2.22 bits per heavy atom. The number of aryl methyl sites for hydroxylation is 1. The van der Waals surface area contributed by atoms with Crippen LogP contribution in [0.15, 0.2) is 17.9 Å². The fourth-order valence-corrected chi connectivity index (χ4v) is 2.34. The van der Waals surface area contributed by atoms with Gasteiger partial charge in [-0.15, -0.1) is 11.3 Å². The molecular formula is C13H20N4S. The maximum Gasteiger partial charge on any atom is 0.0953 e. The van der Waals surface area contributed by atoms with Gasteiger partial charge in [-0.05, 0) is 19.4 Å². The lowest BCUT2D eigenvalue weighted by Gasteiger charge is -2.04. The summed E-state index contributed by atoms with van der Waals surface area (Å²) in [6.45, 7) is 9.11. The minimum atomic E-state index is 0.671. The maximum atomic E-state index is 4.45. The van der Waals surface area contributed by atoms with Crippen molar-refractivity contribution in [3.8, 4) is 0 Å². The third-order valence-electron chi connectivity index (χ3n) is 2.56. The molecule has 18 heavy (non-hydrogen) atoms. The molecule has 5 heteroatoms. The molecule has 0 saturated carbocycles. The van der Waals surface area contributed by atoms with E-state index in [1.54, 1.807) is 11.3 Å². The SMILES string of the molecule is Cc1nc(Cn2cnc(CNCC(C)C)c2)cs1. The van der Waals surface area contributed by atoms with Gasteiger partial charge in [0.05, 0.1) is 29.3 Å². The van der Waals surface area contributed by atoms with Crippen LogP contribution in [-0.4, -0.2) is 21.1 Å². The molecule has 0 bridgehead atoms. The second-order valence-electron chi connectivity index (χ2n) is 4.92. The van der Waals surface area contributed by atoms with E-state index >= 15 is 0 Å². The Morgan fingerprint density at radius 3 is 2.89 bits per heavy atom. The van der Waals surface area contributed by atoms with Crippen LogP contribution >= 0.6 is 11.3 Å². The van der Waals surface area contributed by atoms with Crippen LogP contribution in [0.1, 0.15) is 30.2 Å². The van der Waals surface area contributed by atoms with Gasteiger partial charge in [-0.1, -0.05) is 13.8 Å². The zero-order chi connectivity index (χ0) is 13.0. The minimum Gasteiger partial charge on any atom is -0.331 e.